The zero-order valence-electron chi connectivity index (χ0n) is 20.1. The van der Waals surface area contributed by atoms with Crippen molar-refractivity contribution in [3.05, 3.63) is 29.3 Å². The Morgan fingerprint density at radius 3 is 2.33 bits per heavy atom. The average Bonchev–Trinajstić information content (AvgIpc) is 3.13. The first-order chi connectivity index (χ1) is 13.8. The summed E-state index contributed by atoms with van der Waals surface area (Å²) in [4.78, 5) is 12.2. The van der Waals surface area contributed by atoms with E-state index < -0.39 is 5.60 Å². The second-order valence-electron chi connectivity index (χ2n) is 11.1. The molecule has 2 atom stereocenters. The van der Waals surface area contributed by atoms with Crippen LogP contribution >= 0.6 is 0 Å². The monoisotopic (exact) mass is 414 g/mol. The molecule has 2 fully saturated rings. The molecule has 30 heavy (non-hydrogen) atoms. The number of rotatable bonds is 5. The van der Waals surface area contributed by atoms with E-state index in [0.29, 0.717) is 18.3 Å². The van der Waals surface area contributed by atoms with Crippen LogP contribution < -0.4 is 5.46 Å². The van der Waals surface area contributed by atoms with Crippen LogP contribution in [0.2, 0.25) is 0 Å². The molecule has 5 heteroatoms. The fourth-order valence-corrected chi connectivity index (χ4v) is 4.68. The lowest BCUT2D eigenvalue weighted by molar-refractivity contribution is -0.155. The molecular weight excluding hydrogens is 375 g/mol. The first kappa shape index (κ1) is 23.3. The van der Waals surface area contributed by atoms with Gasteiger partial charge in [-0.15, -0.1) is 0 Å². The summed E-state index contributed by atoms with van der Waals surface area (Å²) in [6.45, 7) is 16.3. The fourth-order valence-electron chi connectivity index (χ4n) is 4.68. The normalized spacial score (nSPS) is 25.5. The lowest BCUT2D eigenvalue weighted by Gasteiger charge is -2.32. The van der Waals surface area contributed by atoms with Crippen LogP contribution in [-0.4, -0.2) is 29.9 Å². The predicted molar refractivity (Wildman–Crippen MR) is 122 cm³/mol. The van der Waals surface area contributed by atoms with E-state index in [1.807, 2.05) is 20.8 Å². The highest BCUT2D eigenvalue weighted by molar-refractivity contribution is 6.62. The van der Waals surface area contributed by atoms with Crippen LogP contribution in [0.5, 0.6) is 0 Å². The maximum absolute atomic E-state index is 12.2. The molecule has 0 amide bonds. The van der Waals surface area contributed by atoms with Gasteiger partial charge in [-0.1, -0.05) is 30.2 Å². The number of benzene rings is 1. The standard InChI is InChI=1S/C25H39BO4/c1-17-16-19(12-14-21(17)26-29-24(5,6)25(7,8)30-26)20-11-9-10-18(20)13-15-22(27)28-23(2,3)4/h12,14,16,18,20H,9-11,13,15H2,1-8H3. The van der Waals surface area contributed by atoms with E-state index in [9.17, 15) is 4.79 Å². The summed E-state index contributed by atoms with van der Waals surface area (Å²) in [7, 11) is -0.324. The second kappa shape index (κ2) is 8.31. The van der Waals surface area contributed by atoms with E-state index >= 15 is 0 Å². The Kier molecular flexibility index (Phi) is 6.47. The first-order valence-electron chi connectivity index (χ1n) is 11.5. The molecule has 1 aromatic carbocycles. The molecule has 0 N–H and O–H groups in total. The van der Waals surface area contributed by atoms with Gasteiger partial charge in [0, 0.05) is 6.42 Å². The number of aryl methyl sites for hydroxylation is 1. The quantitative estimate of drug-likeness (QED) is 0.485. The van der Waals surface area contributed by atoms with Crippen molar-refractivity contribution in [3.8, 4) is 0 Å². The van der Waals surface area contributed by atoms with E-state index in [2.05, 4.69) is 52.8 Å². The first-order valence-corrected chi connectivity index (χ1v) is 11.5. The minimum absolute atomic E-state index is 0.0829. The number of carbonyl (C=O) groups is 1. The Balaban J connectivity index is 1.68. The summed E-state index contributed by atoms with van der Waals surface area (Å²) >= 11 is 0. The Morgan fingerprint density at radius 1 is 1.13 bits per heavy atom. The lowest BCUT2D eigenvalue weighted by atomic mass is 9.74. The third kappa shape index (κ3) is 5.11. The van der Waals surface area contributed by atoms with Crippen LogP contribution in [0.3, 0.4) is 0 Å². The molecule has 1 saturated heterocycles. The van der Waals surface area contributed by atoms with Crippen LogP contribution in [0.1, 0.15) is 97.6 Å². The van der Waals surface area contributed by atoms with Crippen molar-refractivity contribution < 1.29 is 18.8 Å². The molecule has 0 aromatic heterocycles. The van der Waals surface area contributed by atoms with Gasteiger partial charge < -0.3 is 14.0 Å². The largest absolute Gasteiger partial charge is 0.495 e. The van der Waals surface area contributed by atoms with E-state index in [0.717, 1.165) is 11.9 Å². The third-order valence-electron chi connectivity index (χ3n) is 7.03. The van der Waals surface area contributed by atoms with Crippen molar-refractivity contribution in [2.75, 3.05) is 0 Å². The molecule has 1 aromatic rings. The molecular formula is C25H39BO4. The number of hydrogen-bond acceptors (Lipinski definition) is 4. The van der Waals surface area contributed by atoms with Gasteiger partial charge in [0.15, 0.2) is 0 Å². The predicted octanol–water partition coefficient (Wildman–Crippen LogP) is 5.30. The zero-order chi connectivity index (χ0) is 22.3. The van der Waals surface area contributed by atoms with Crippen molar-refractivity contribution in [1.82, 2.24) is 0 Å². The summed E-state index contributed by atoms with van der Waals surface area (Å²) in [6.07, 6.45) is 5.00. The Labute approximate surface area is 183 Å². The minimum atomic E-state index is -0.410. The van der Waals surface area contributed by atoms with Crippen molar-refractivity contribution in [3.63, 3.8) is 0 Å². The molecule has 0 radical (unpaired) electrons. The molecule has 2 unspecified atom stereocenters. The van der Waals surface area contributed by atoms with Crippen LogP contribution in [0.15, 0.2) is 18.2 Å². The van der Waals surface area contributed by atoms with Gasteiger partial charge in [-0.05, 0) is 97.5 Å². The van der Waals surface area contributed by atoms with Gasteiger partial charge in [0.05, 0.1) is 11.2 Å². The summed E-state index contributed by atoms with van der Waals surface area (Å²) in [5.41, 5.74) is 2.62. The van der Waals surface area contributed by atoms with Gasteiger partial charge in [0.25, 0.3) is 0 Å². The van der Waals surface area contributed by atoms with Gasteiger partial charge in [-0.25, -0.2) is 0 Å². The summed E-state index contributed by atoms with van der Waals surface area (Å²) in [5.74, 6) is 0.971. The van der Waals surface area contributed by atoms with Crippen molar-refractivity contribution in [1.29, 1.82) is 0 Å². The molecule has 3 rings (SSSR count). The molecule has 166 valence electrons. The minimum Gasteiger partial charge on any atom is -0.460 e. The van der Waals surface area contributed by atoms with Gasteiger partial charge >= 0.3 is 13.1 Å². The van der Waals surface area contributed by atoms with Gasteiger partial charge in [0.2, 0.25) is 0 Å². The number of hydrogen-bond donors (Lipinski definition) is 0. The van der Waals surface area contributed by atoms with Crippen LogP contribution in [0.25, 0.3) is 0 Å². The van der Waals surface area contributed by atoms with Crippen molar-refractivity contribution >= 4 is 18.6 Å². The molecule has 1 aliphatic carbocycles. The highest BCUT2D eigenvalue weighted by atomic mass is 16.7. The topological polar surface area (TPSA) is 44.8 Å². The molecule has 0 spiro atoms. The van der Waals surface area contributed by atoms with Crippen molar-refractivity contribution in [2.45, 2.75) is 110 Å². The third-order valence-corrected chi connectivity index (χ3v) is 7.03. The number of esters is 1. The molecule has 1 saturated carbocycles. The number of ether oxygens (including phenoxy) is 1. The highest BCUT2D eigenvalue weighted by Crippen LogP contribution is 2.42. The molecule has 4 nitrogen and oxygen atoms in total. The van der Waals surface area contributed by atoms with E-state index in [4.69, 9.17) is 14.0 Å². The molecule has 1 aliphatic heterocycles. The second-order valence-corrected chi connectivity index (χ2v) is 11.1. The van der Waals surface area contributed by atoms with Gasteiger partial charge in [-0.2, -0.15) is 0 Å². The maximum atomic E-state index is 12.2. The Morgan fingerprint density at radius 2 is 1.77 bits per heavy atom. The fraction of sp³-hybridized carbons (Fsp3) is 0.720. The lowest BCUT2D eigenvalue weighted by Crippen LogP contribution is -2.41. The Bertz CT molecular complexity index is 762. The maximum Gasteiger partial charge on any atom is 0.495 e. The molecule has 2 aliphatic rings. The van der Waals surface area contributed by atoms with Gasteiger partial charge in [-0.3, -0.25) is 4.79 Å². The van der Waals surface area contributed by atoms with Crippen molar-refractivity contribution in [2.24, 2.45) is 5.92 Å². The summed E-state index contributed by atoms with van der Waals surface area (Å²) < 4.78 is 18.0. The van der Waals surface area contributed by atoms with Gasteiger partial charge in [0.1, 0.15) is 5.60 Å². The summed E-state index contributed by atoms with van der Waals surface area (Å²) in [6, 6.07) is 6.72. The average molecular weight is 414 g/mol. The molecule has 0 bridgehead atoms. The SMILES string of the molecule is Cc1cc(C2CCCC2CCC(=O)OC(C)(C)C)ccc1B1OC(C)(C)C(C)(C)O1. The van der Waals surface area contributed by atoms with E-state index in [1.54, 1.807) is 0 Å². The van der Waals surface area contributed by atoms with Crippen LogP contribution in [0.4, 0.5) is 0 Å². The van der Waals surface area contributed by atoms with Crippen LogP contribution in [0, 0.1) is 12.8 Å². The number of carbonyl (C=O) groups excluding carboxylic acids is 1. The van der Waals surface area contributed by atoms with E-state index in [1.165, 1.54) is 30.4 Å². The highest BCUT2D eigenvalue weighted by Gasteiger charge is 2.52. The summed E-state index contributed by atoms with van der Waals surface area (Å²) in [5, 5.41) is 0. The van der Waals surface area contributed by atoms with Crippen LogP contribution in [-0.2, 0) is 18.8 Å². The zero-order valence-corrected chi connectivity index (χ0v) is 20.1. The molecule has 1 heterocycles. The Hall–Kier alpha value is -1.33. The van der Waals surface area contributed by atoms with E-state index in [-0.39, 0.29) is 24.3 Å². The smallest absolute Gasteiger partial charge is 0.460 e.